The molecule has 0 radical (unpaired) electrons. The number of aliphatic hydroxyl groups is 1. The Morgan fingerprint density at radius 1 is 1.56 bits per heavy atom. The maximum absolute atomic E-state index is 11.9. The van der Waals surface area contributed by atoms with E-state index in [0.29, 0.717) is 11.5 Å². The number of carbonyl (C=O) groups excluding carboxylic acids is 1. The standard InChI is InChI=1S/C12H20N4O2/c1-7(2)13-11-6-9(15-16-11)12(18)14-8-4-3-5-10(8)17/h6-8,10,17H,3-5H2,1-2H3,(H,14,18)(H2,13,15,16)/t8-,10+/m0/s1. The monoisotopic (exact) mass is 252 g/mol. The average molecular weight is 252 g/mol. The molecule has 1 aromatic rings. The number of anilines is 1. The highest BCUT2D eigenvalue weighted by Crippen LogP contribution is 2.19. The van der Waals surface area contributed by atoms with Crippen molar-refractivity contribution in [1.82, 2.24) is 15.5 Å². The van der Waals surface area contributed by atoms with Gasteiger partial charge < -0.3 is 15.7 Å². The maximum atomic E-state index is 11.9. The lowest BCUT2D eigenvalue weighted by Gasteiger charge is -2.15. The van der Waals surface area contributed by atoms with E-state index >= 15 is 0 Å². The van der Waals surface area contributed by atoms with Gasteiger partial charge in [-0.3, -0.25) is 9.89 Å². The summed E-state index contributed by atoms with van der Waals surface area (Å²) in [5.74, 6) is 0.437. The van der Waals surface area contributed by atoms with Crippen molar-refractivity contribution < 1.29 is 9.90 Å². The Bertz CT molecular complexity index is 416. The topological polar surface area (TPSA) is 90.0 Å². The van der Waals surface area contributed by atoms with Gasteiger partial charge in [0.15, 0.2) is 0 Å². The first-order chi connectivity index (χ1) is 8.56. The minimum absolute atomic E-state index is 0.137. The van der Waals surface area contributed by atoms with Crippen LogP contribution >= 0.6 is 0 Å². The zero-order valence-corrected chi connectivity index (χ0v) is 10.7. The number of carbonyl (C=O) groups is 1. The third-order valence-corrected chi connectivity index (χ3v) is 3.06. The molecule has 0 bridgehead atoms. The second-order valence-electron chi connectivity index (χ2n) is 5.04. The van der Waals surface area contributed by atoms with Crippen molar-refractivity contribution in [2.24, 2.45) is 0 Å². The van der Waals surface area contributed by atoms with E-state index in [1.165, 1.54) is 0 Å². The molecule has 100 valence electrons. The van der Waals surface area contributed by atoms with Crippen molar-refractivity contribution in [3.05, 3.63) is 11.8 Å². The average Bonchev–Trinajstić information content (AvgIpc) is 2.88. The highest BCUT2D eigenvalue weighted by molar-refractivity contribution is 5.93. The quantitative estimate of drug-likeness (QED) is 0.640. The van der Waals surface area contributed by atoms with Crippen LogP contribution in [0, 0.1) is 0 Å². The van der Waals surface area contributed by atoms with Gasteiger partial charge in [0.1, 0.15) is 11.5 Å². The summed E-state index contributed by atoms with van der Waals surface area (Å²) in [4.78, 5) is 11.9. The van der Waals surface area contributed by atoms with E-state index in [0.717, 1.165) is 19.3 Å². The smallest absolute Gasteiger partial charge is 0.269 e. The molecular formula is C12H20N4O2. The molecule has 1 fully saturated rings. The molecule has 0 aliphatic heterocycles. The molecule has 18 heavy (non-hydrogen) atoms. The first kappa shape index (κ1) is 12.9. The molecular weight excluding hydrogens is 232 g/mol. The molecule has 1 amide bonds. The van der Waals surface area contributed by atoms with Crippen molar-refractivity contribution in [3.8, 4) is 0 Å². The van der Waals surface area contributed by atoms with Gasteiger partial charge in [0.2, 0.25) is 0 Å². The van der Waals surface area contributed by atoms with Crippen molar-refractivity contribution in [2.75, 3.05) is 5.32 Å². The number of aliphatic hydroxyl groups excluding tert-OH is 1. The van der Waals surface area contributed by atoms with Crippen LogP contribution in [0.15, 0.2) is 6.07 Å². The van der Waals surface area contributed by atoms with Crippen molar-refractivity contribution in [3.63, 3.8) is 0 Å². The summed E-state index contributed by atoms with van der Waals surface area (Å²) in [5.41, 5.74) is 0.414. The molecule has 4 N–H and O–H groups in total. The third-order valence-electron chi connectivity index (χ3n) is 3.06. The summed E-state index contributed by atoms with van der Waals surface area (Å²) in [6, 6.07) is 1.81. The van der Waals surface area contributed by atoms with Crippen molar-refractivity contribution >= 4 is 11.7 Å². The molecule has 6 nitrogen and oxygen atoms in total. The largest absolute Gasteiger partial charge is 0.391 e. The molecule has 2 atom stereocenters. The summed E-state index contributed by atoms with van der Waals surface area (Å²) in [6.07, 6.45) is 2.12. The van der Waals surface area contributed by atoms with Crippen LogP contribution in [0.3, 0.4) is 0 Å². The second-order valence-corrected chi connectivity index (χ2v) is 5.04. The molecule has 2 rings (SSSR count). The van der Waals surface area contributed by atoms with Crippen LogP contribution in [0.1, 0.15) is 43.6 Å². The van der Waals surface area contributed by atoms with Crippen molar-refractivity contribution in [2.45, 2.75) is 51.3 Å². The molecule has 1 saturated carbocycles. The highest BCUT2D eigenvalue weighted by Gasteiger charge is 2.27. The minimum atomic E-state index is -0.426. The van der Waals surface area contributed by atoms with Gasteiger partial charge in [0, 0.05) is 12.1 Å². The maximum Gasteiger partial charge on any atom is 0.269 e. The van der Waals surface area contributed by atoms with E-state index in [-0.39, 0.29) is 18.0 Å². The Balaban J connectivity index is 1.94. The van der Waals surface area contributed by atoms with Gasteiger partial charge in [-0.25, -0.2) is 0 Å². The number of aromatic nitrogens is 2. The fraction of sp³-hybridized carbons (Fsp3) is 0.667. The molecule has 0 spiro atoms. The van der Waals surface area contributed by atoms with Gasteiger partial charge in [-0.1, -0.05) is 0 Å². The van der Waals surface area contributed by atoms with Gasteiger partial charge in [-0.05, 0) is 33.1 Å². The van der Waals surface area contributed by atoms with Crippen LogP contribution < -0.4 is 10.6 Å². The fourth-order valence-electron chi connectivity index (χ4n) is 2.16. The van der Waals surface area contributed by atoms with E-state index in [1.54, 1.807) is 6.07 Å². The van der Waals surface area contributed by atoms with Gasteiger partial charge >= 0.3 is 0 Å². The van der Waals surface area contributed by atoms with Crippen LogP contribution in [0.25, 0.3) is 0 Å². The molecule has 0 unspecified atom stereocenters. The first-order valence-corrected chi connectivity index (χ1v) is 6.37. The van der Waals surface area contributed by atoms with Gasteiger partial charge in [0.25, 0.3) is 5.91 Å². The summed E-state index contributed by atoms with van der Waals surface area (Å²) in [6.45, 7) is 4.01. The normalized spacial score (nSPS) is 23.3. The molecule has 1 heterocycles. The minimum Gasteiger partial charge on any atom is -0.391 e. The Kier molecular flexibility index (Phi) is 3.86. The molecule has 1 aromatic heterocycles. The number of hydrogen-bond donors (Lipinski definition) is 4. The Morgan fingerprint density at radius 3 is 2.94 bits per heavy atom. The number of H-pyrrole nitrogens is 1. The first-order valence-electron chi connectivity index (χ1n) is 6.37. The molecule has 1 aliphatic carbocycles. The van der Waals surface area contributed by atoms with E-state index in [9.17, 15) is 9.90 Å². The predicted octanol–water partition coefficient (Wildman–Crippen LogP) is 0.873. The molecule has 6 heteroatoms. The lowest BCUT2D eigenvalue weighted by atomic mass is 10.2. The summed E-state index contributed by atoms with van der Waals surface area (Å²) < 4.78 is 0. The number of nitrogens with one attached hydrogen (secondary N) is 3. The zero-order valence-electron chi connectivity index (χ0n) is 10.7. The van der Waals surface area contributed by atoms with E-state index < -0.39 is 6.10 Å². The van der Waals surface area contributed by atoms with Gasteiger partial charge in [-0.2, -0.15) is 5.10 Å². The lowest BCUT2D eigenvalue weighted by Crippen LogP contribution is -2.40. The SMILES string of the molecule is CC(C)Nc1cc(C(=O)N[C@H]2CCC[C@H]2O)[nH]n1. The van der Waals surface area contributed by atoms with E-state index in [1.807, 2.05) is 13.8 Å². The molecule has 0 aromatic carbocycles. The number of amides is 1. The summed E-state index contributed by atoms with van der Waals surface area (Å²) >= 11 is 0. The Morgan fingerprint density at radius 2 is 2.33 bits per heavy atom. The summed E-state index contributed by atoms with van der Waals surface area (Å²) in [5, 5.41) is 22.3. The van der Waals surface area contributed by atoms with Crippen molar-refractivity contribution in [1.29, 1.82) is 0 Å². The number of rotatable bonds is 4. The van der Waals surface area contributed by atoms with Crippen LogP contribution in [0.2, 0.25) is 0 Å². The molecule has 0 saturated heterocycles. The molecule has 1 aliphatic rings. The van der Waals surface area contributed by atoms with Crippen LogP contribution in [0.5, 0.6) is 0 Å². The highest BCUT2D eigenvalue weighted by atomic mass is 16.3. The van der Waals surface area contributed by atoms with Gasteiger partial charge in [0.05, 0.1) is 12.1 Å². The Hall–Kier alpha value is -1.56. The van der Waals surface area contributed by atoms with Crippen LogP contribution in [-0.2, 0) is 0 Å². The van der Waals surface area contributed by atoms with E-state index in [4.69, 9.17) is 0 Å². The number of hydrogen-bond acceptors (Lipinski definition) is 4. The van der Waals surface area contributed by atoms with Gasteiger partial charge in [-0.15, -0.1) is 0 Å². The number of aromatic amines is 1. The third kappa shape index (κ3) is 3.01. The van der Waals surface area contributed by atoms with Crippen LogP contribution in [-0.4, -0.2) is 39.4 Å². The summed E-state index contributed by atoms with van der Waals surface area (Å²) in [7, 11) is 0. The zero-order chi connectivity index (χ0) is 13.1. The number of nitrogens with zero attached hydrogens (tertiary/aromatic N) is 1. The Labute approximate surface area is 106 Å². The fourth-order valence-corrected chi connectivity index (χ4v) is 2.16. The van der Waals surface area contributed by atoms with E-state index in [2.05, 4.69) is 20.8 Å². The van der Waals surface area contributed by atoms with Crippen LogP contribution in [0.4, 0.5) is 5.82 Å². The predicted molar refractivity (Wildman–Crippen MR) is 68.5 cm³/mol. The second kappa shape index (κ2) is 5.39. The lowest BCUT2D eigenvalue weighted by molar-refractivity contribution is 0.0868.